The lowest BCUT2D eigenvalue weighted by molar-refractivity contribution is 0.604. The highest BCUT2D eigenvalue weighted by atomic mass is 35.5. The molecule has 3 rings (SSSR count). The first-order chi connectivity index (χ1) is 9.38. The molecule has 0 radical (unpaired) electrons. The standard InChI is InChI=1S/C17H17ClS/c18-11-14(13-6-2-1-3-7-13)10-15-12-19-17-9-5-4-8-16(15)17/h1-9,14-15H,10-12H2. The third kappa shape index (κ3) is 2.82. The van der Waals surface area contributed by atoms with Gasteiger partial charge in [0.05, 0.1) is 0 Å². The number of hydrogen-bond donors (Lipinski definition) is 0. The number of fused-ring (bicyclic) bond motifs is 1. The van der Waals surface area contributed by atoms with Gasteiger partial charge < -0.3 is 0 Å². The van der Waals surface area contributed by atoms with Crippen LogP contribution < -0.4 is 0 Å². The summed E-state index contributed by atoms with van der Waals surface area (Å²) in [6.45, 7) is 0. The average molecular weight is 289 g/mol. The highest BCUT2D eigenvalue weighted by molar-refractivity contribution is 7.99. The first-order valence-electron chi connectivity index (χ1n) is 6.71. The van der Waals surface area contributed by atoms with Crippen molar-refractivity contribution in [2.24, 2.45) is 0 Å². The van der Waals surface area contributed by atoms with E-state index in [9.17, 15) is 0 Å². The van der Waals surface area contributed by atoms with Crippen molar-refractivity contribution in [2.75, 3.05) is 11.6 Å². The molecule has 2 aromatic rings. The van der Waals surface area contributed by atoms with E-state index in [1.807, 2.05) is 11.8 Å². The topological polar surface area (TPSA) is 0 Å². The molecule has 1 heterocycles. The predicted molar refractivity (Wildman–Crippen MR) is 84.4 cm³/mol. The molecule has 0 nitrogen and oxygen atoms in total. The SMILES string of the molecule is ClCC(CC1CSc2ccccc21)c1ccccc1. The Morgan fingerprint density at radius 2 is 1.79 bits per heavy atom. The maximum absolute atomic E-state index is 6.20. The minimum absolute atomic E-state index is 0.458. The molecule has 2 heteroatoms. The monoisotopic (exact) mass is 288 g/mol. The number of rotatable bonds is 4. The van der Waals surface area contributed by atoms with Gasteiger partial charge in [-0.2, -0.15) is 0 Å². The van der Waals surface area contributed by atoms with Crippen LogP contribution in [0.4, 0.5) is 0 Å². The van der Waals surface area contributed by atoms with Gasteiger partial charge in [0.15, 0.2) is 0 Å². The van der Waals surface area contributed by atoms with Crippen LogP contribution in [-0.2, 0) is 0 Å². The van der Waals surface area contributed by atoms with E-state index in [2.05, 4.69) is 54.6 Å². The zero-order valence-corrected chi connectivity index (χ0v) is 12.3. The summed E-state index contributed by atoms with van der Waals surface area (Å²) in [6, 6.07) is 19.4. The highest BCUT2D eigenvalue weighted by Crippen LogP contribution is 2.43. The van der Waals surface area contributed by atoms with Gasteiger partial charge in [-0.25, -0.2) is 0 Å². The first kappa shape index (κ1) is 13.1. The average Bonchev–Trinajstić information content (AvgIpc) is 2.89. The molecule has 0 fully saturated rings. The summed E-state index contributed by atoms with van der Waals surface area (Å²) in [5, 5.41) is 0. The van der Waals surface area contributed by atoms with E-state index in [1.54, 1.807) is 0 Å². The lowest BCUT2D eigenvalue weighted by atomic mass is 9.87. The van der Waals surface area contributed by atoms with E-state index < -0.39 is 0 Å². The van der Waals surface area contributed by atoms with Crippen LogP contribution in [0.3, 0.4) is 0 Å². The molecule has 0 aromatic heterocycles. The summed E-state index contributed by atoms with van der Waals surface area (Å²) in [5.41, 5.74) is 2.88. The van der Waals surface area contributed by atoms with E-state index >= 15 is 0 Å². The number of benzene rings is 2. The number of halogens is 1. The molecule has 0 amide bonds. The van der Waals surface area contributed by atoms with E-state index in [0.29, 0.717) is 17.7 Å². The van der Waals surface area contributed by atoms with Gasteiger partial charge in [0.1, 0.15) is 0 Å². The Kier molecular flexibility index (Phi) is 4.15. The molecule has 19 heavy (non-hydrogen) atoms. The van der Waals surface area contributed by atoms with Crippen LogP contribution in [0.25, 0.3) is 0 Å². The van der Waals surface area contributed by atoms with E-state index in [4.69, 9.17) is 11.6 Å². The summed E-state index contributed by atoms with van der Waals surface area (Å²) in [6.07, 6.45) is 1.15. The van der Waals surface area contributed by atoms with E-state index in [-0.39, 0.29) is 0 Å². The Bertz CT molecular complexity index is 538. The van der Waals surface area contributed by atoms with Gasteiger partial charge in [-0.1, -0.05) is 48.5 Å². The Labute approximate surface area is 124 Å². The maximum atomic E-state index is 6.20. The van der Waals surface area contributed by atoms with Crippen molar-refractivity contribution < 1.29 is 0 Å². The van der Waals surface area contributed by atoms with E-state index in [0.717, 1.165) is 6.42 Å². The van der Waals surface area contributed by atoms with Crippen LogP contribution in [0.5, 0.6) is 0 Å². The van der Waals surface area contributed by atoms with Gasteiger partial charge >= 0.3 is 0 Å². The fourth-order valence-electron chi connectivity index (χ4n) is 2.78. The number of hydrogen-bond acceptors (Lipinski definition) is 1. The Morgan fingerprint density at radius 3 is 2.58 bits per heavy atom. The van der Waals surface area contributed by atoms with Crippen LogP contribution in [0.2, 0.25) is 0 Å². The third-order valence-electron chi connectivity index (χ3n) is 3.83. The first-order valence-corrected chi connectivity index (χ1v) is 8.23. The van der Waals surface area contributed by atoms with Gasteiger partial charge in [-0.3, -0.25) is 0 Å². The molecule has 0 N–H and O–H groups in total. The fourth-order valence-corrected chi connectivity index (χ4v) is 4.36. The summed E-state index contributed by atoms with van der Waals surface area (Å²) < 4.78 is 0. The second-order valence-electron chi connectivity index (χ2n) is 5.04. The fraction of sp³-hybridized carbons (Fsp3) is 0.294. The summed E-state index contributed by atoms with van der Waals surface area (Å²) in [4.78, 5) is 1.45. The summed E-state index contributed by atoms with van der Waals surface area (Å²) >= 11 is 8.18. The van der Waals surface area contributed by atoms with Crippen molar-refractivity contribution in [3.63, 3.8) is 0 Å². The number of alkyl halides is 1. The molecule has 2 aromatic carbocycles. The smallest absolute Gasteiger partial charge is 0.0292 e. The van der Waals surface area contributed by atoms with Crippen molar-refractivity contribution in [3.05, 3.63) is 65.7 Å². The second kappa shape index (κ2) is 6.02. The highest BCUT2D eigenvalue weighted by Gasteiger charge is 2.25. The molecular weight excluding hydrogens is 272 g/mol. The van der Waals surface area contributed by atoms with Crippen molar-refractivity contribution in [2.45, 2.75) is 23.2 Å². The van der Waals surface area contributed by atoms with Crippen molar-refractivity contribution in [3.8, 4) is 0 Å². The lowest BCUT2D eigenvalue weighted by Gasteiger charge is -2.19. The maximum Gasteiger partial charge on any atom is 0.0292 e. The van der Waals surface area contributed by atoms with Crippen LogP contribution in [0, 0.1) is 0 Å². The zero-order valence-electron chi connectivity index (χ0n) is 10.8. The van der Waals surface area contributed by atoms with Gasteiger partial charge in [-0.05, 0) is 35.4 Å². The molecule has 2 unspecified atom stereocenters. The van der Waals surface area contributed by atoms with Crippen molar-refractivity contribution in [1.29, 1.82) is 0 Å². The van der Waals surface area contributed by atoms with Crippen LogP contribution in [0.15, 0.2) is 59.5 Å². The van der Waals surface area contributed by atoms with E-state index in [1.165, 1.54) is 21.8 Å². The molecule has 0 saturated carbocycles. The van der Waals surface area contributed by atoms with Crippen LogP contribution in [-0.4, -0.2) is 11.6 Å². The lowest BCUT2D eigenvalue weighted by Crippen LogP contribution is -2.07. The predicted octanol–water partition coefficient (Wildman–Crippen LogP) is 5.29. The Morgan fingerprint density at radius 1 is 1.05 bits per heavy atom. The van der Waals surface area contributed by atoms with Gasteiger partial charge in [0.25, 0.3) is 0 Å². The minimum Gasteiger partial charge on any atom is -0.126 e. The molecular formula is C17H17ClS. The molecule has 0 spiro atoms. The zero-order chi connectivity index (χ0) is 13.1. The van der Waals surface area contributed by atoms with Gasteiger partial charge in [-0.15, -0.1) is 23.4 Å². The summed E-state index contributed by atoms with van der Waals surface area (Å²) in [5.74, 6) is 3.00. The largest absolute Gasteiger partial charge is 0.126 e. The molecule has 0 bridgehead atoms. The molecule has 1 aliphatic rings. The van der Waals surface area contributed by atoms with Crippen molar-refractivity contribution in [1.82, 2.24) is 0 Å². The normalized spacial score (nSPS) is 19.1. The van der Waals surface area contributed by atoms with Crippen LogP contribution in [0.1, 0.15) is 29.4 Å². The molecule has 1 aliphatic heterocycles. The van der Waals surface area contributed by atoms with Crippen molar-refractivity contribution >= 4 is 23.4 Å². The molecule has 98 valence electrons. The number of thioether (sulfide) groups is 1. The molecule has 2 atom stereocenters. The second-order valence-corrected chi connectivity index (χ2v) is 6.41. The third-order valence-corrected chi connectivity index (χ3v) is 5.45. The molecule has 0 aliphatic carbocycles. The van der Waals surface area contributed by atoms with Gasteiger partial charge in [0.2, 0.25) is 0 Å². The summed E-state index contributed by atoms with van der Waals surface area (Å²) in [7, 11) is 0. The molecule has 0 saturated heterocycles. The Balaban J connectivity index is 1.78. The Hall–Kier alpha value is -0.920. The van der Waals surface area contributed by atoms with Crippen LogP contribution >= 0.6 is 23.4 Å². The van der Waals surface area contributed by atoms with Gasteiger partial charge in [0, 0.05) is 16.5 Å². The minimum atomic E-state index is 0.458. The quantitative estimate of drug-likeness (QED) is 0.689.